The molecule has 0 bridgehead atoms. The van der Waals surface area contributed by atoms with Gasteiger partial charge in [-0.15, -0.1) is 0 Å². The molecule has 0 aliphatic carbocycles. The summed E-state index contributed by atoms with van der Waals surface area (Å²) < 4.78 is 18.7. The van der Waals surface area contributed by atoms with Crippen LogP contribution in [0, 0.1) is 11.7 Å². The zero-order valence-corrected chi connectivity index (χ0v) is 10.5. The van der Waals surface area contributed by atoms with E-state index in [1.54, 1.807) is 6.07 Å². The first kappa shape index (κ1) is 12.6. The summed E-state index contributed by atoms with van der Waals surface area (Å²) >= 11 is 0. The van der Waals surface area contributed by atoms with Crippen molar-refractivity contribution >= 4 is 11.0 Å². The summed E-state index contributed by atoms with van der Waals surface area (Å²) in [6.45, 7) is 2.81. The predicted molar refractivity (Wildman–Crippen MR) is 70.2 cm³/mol. The van der Waals surface area contributed by atoms with Gasteiger partial charge in [0.25, 0.3) is 0 Å². The molecule has 102 valence electrons. The molecule has 3 rings (SSSR count). The molecule has 1 aromatic carbocycles. The molecule has 1 aliphatic heterocycles. The summed E-state index contributed by atoms with van der Waals surface area (Å²) in [4.78, 5) is 0. The molecule has 2 aromatic rings. The van der Waals surface area contributed by atoms with Gasteiger partial charge < -0.3 is 20.2 Å². The zero-order valence-electron chi connectivity index (χ0n) is 10.5. The Hall–Kier alpha value is -1.43. The number of nitrogens with one attached hydrogen (secondary N) is 2. The molecule has 5 heteroatoms. The van der Waals surface area contributed by atoms with Crippen molar-refractivity contribution in [3.63, 3.8) is 0 Å². The molecule has 0 radical (unpaired) electrons. The first-order valence-electron chi connectivity index (χ1n) is 6.50. The van der Waals surface area contributed by atoms with E-state index < -0.39 is 0 Å². The van der Waals surface area contributed by atoms with E-state index in [0.29, 0.717) is 18.7 Å². The lowest BCUT2D eigenvalue weighted by atomic mass is 10.1. The number of hydrogen-bond donors (Lipinski definition) is 3. The van der Waals surface area contributed by atoms with Crippen LogP contribution in [0.2, 0.25) is 0 Å². The van der Waals surface area contributed by atoms with Crippen molar-refractivity contribution in [2.24, 2.45) is 5.92 Å². The minimum Gasteiger partial charge on any atom is -0.460 e. The summed E-state index contributed by atoms with van der Waals surface area (Å²) in [5.41, 5.74) is 0.695. The van der Waals surface area contributed by atoms with E-state index in [1.165, 1.54) is 12.1 Å². The molecule has 4 nitrogen and oxygen atoms in total. The summed E-state index contributed by atoms with van der Waals surface area (Å²) in [5.74, 6) is 0.760. The van der Waals surface area contributed by atoms with Gasteiger partial charge in [0.2, 0.25) is 0 Å². The molecule has 1 saturated heterocycles. The van der Waals surface area contributed by atoms with Crippen LogP contribution in [0.25, 0.3) is 11.0 Å². The highest BCUT2D eigenvalue weighted by Crippen LogP contribution is 2.20. The number of aliphatic hydroxyl groups excluding tert-OH is 1. The van der Waals surface area contributed by atoms with Crippen molar-refractivity contribution < 1.29 is 13.9 Å². The van der Waals surface area contributed by atoms with Crippen LogP contribution in [0.15, 0.2) is 28.7 Å². The minimum atomic E-state index is -0.280. The number of benzene rings is 1. The van der Waals surface area contributed by atoms with E-state index in [2.05, 4.69) is 10.6 Å². The Morgan fingerprint density at radius 2 is 2.26 bits per heavy atom. The van der Waals surface area contributed by atoms with E-state index >= 15 is 0 Å². The van der Waals surface area contributed by atoms with Gasteiger partial charge in [-0.25, -0.2) is 4.39 Å². The number of β-amino-alcohol motifs (C(OH)–C–C–N with tert-alkyl or cyclic N) is 1. The van der Waals surface area contributed by atoms with E-state index in [4.69, 9.17) is 4.42 Å². The molecule has 2 unspecified atom stereocenters. The van der Waals surface area contributed by atoms with Crippen LogP contribution in [-0.2, 0) is 6.54 Å². The smallest absolute Gasteiger partial charge is 0.134 e. The second kappa shape index (κ2) is 5.28. The lowest BCUT2D eigenvalue weighted by Gasteiger charge is -2.13. The molecule has 2 atom stereocenters. The Balaban J connectivity index is 1.59. The SMILES string of the molecule is OC1CNCC1CNCc1cc2cc(F)ccc2o1. The van der Waals surface area contributed by atoms with E-state index in [0.717, 1.165) is 24.2 Å². The minimum absolute atomic E-state index is 0.238. The maximum atomic E-state index is 13.1. The van der Waals surface area contributed by atoms with Crippen LogP contribution in [-0.4, -0.2) is 30.8 Å². The first-order chi connectivity index (χ1) is 9.22. The lowest BCUT2D eigenvalue weighted by molar-refractivity contribution is 0.146. The molecule has 3 N–H and O–H groups in total. The van der Waals surface area contributed by atoms with E-state index in [-0.39, 0.29) is 17.8 Å². The van der Waals surface area contributed by atoms with Gasteiger partial charge in [0.1, 0.15) is 17.2 Å². The molecular formula is C14H17FN2O2. The number of hydrogen-bond acceptors (Lipinski definition) is 4. The fraction of sp³-hybridized carbons (Fsp3) is 0.429. The van der Waals surface area contributed by atoms with Crippen molar-refractivity contribution in [3.05, 3.63) is 35.8 Å². The molecule has 1 aromatic heterocycles. The molecule has 2 heterocycles. The number of aliphatic hydroxyl groups is 1. The Morgan fingerprint density at radius 3 is 3.05 bits per heavy atom. The van der Waals surface area contributed by atoms with E-state index in [1.807, 2.05) is 6.07 Å². The Bertz CT molecular complexity index is 570. The van der Waals surface area contributed by atoms with Crippen molar-refractivity contribution in [3.8, 4) is 0 Å². The summed E-state index contributed by atoms with van der Waals surface area (Å²) in [6.07, 6.45) is -0.280. The van der Waals surface area contributed by atoms with E-state index in [9.17, 15) is 9.50 Å². The number of fused-ring (bicyclic) bond motifs is 1. The Labute approximate surface area is 110 Å². The topological polar surface area (TPSA) is 57.4 Å². The van der Waals surface area contributed by atoms with Crippen molar-refractivity contribution in [2.45, 2.75) is 12.6 Å². The molecule has 0 amide bonds. The standard InChI is InChI=1S/C14H17FN2O2/c15-11-1-2-14-9(3-11)4-12(19-14)7-16-5-10-6-17-8-13(10)18/h1-4,10,13,16-18H,5-8H2. The van der Waals surface area contributed by atoms with Crippen LogP contribution in [0.1, 0.15) is 5.76 Å². The maximum absolute atomic E-state index is 13.1. The van der Waals surface area contributed by atoms with Crippen LogP contribution in [0.3, 0.4) is 0 Å². The monoisotopic (exact) mass is 264 g/mol. The second-order valence-electron chi connectivity index (χ2n) is 5.01. The fourth-order valence-corrected chi connectivity index (χ4v) is 2.46. The predicted octanol–water partition coefficient (Wildman–Crippen LogP) is 1.24. The lowest BCUT2D eigenvalue weighted by Crippen LogP contribution is -2.30. The summed E-state index contributed by atoms with van der Waals surface area (Å²) in [5, 5.41) is 16.8. The van der Waals surface area contributed by atoms with Gasteiger partial charge in [-0.3, -0.25) is 0 Å². The molecule has 1 fully saturated rings. The number of rotatable bonds is 4. The maximum Gasteiger partial charge on any atom is 0.134 e. The largest absolute Gasteiger partial charge is 0.460 e. The third-order valence-electron chi connectivity index (χ3n) is 3.54. The molecular weight excluding hydrogens is 247 g/mol. The van der Waals surface area contributed by atoms with Crippen LogP contribution in [0.5, 0.6) is 0 Å². The summed E-state index contributed by atoms with van der Waals surface area (Å²) in [6, 6.07) is 6.34. The molecule has 0 saturated carbocycles. The Kier molecular flexibility index (Phi) is 3.50. The van der Waals surface area contributed by atoms with Crippen molar-refractivity contribution in [2.75, 3.05) is 19.6 Å². The molecule has 1 aliphatic rings. The Morgan fingerprint density at radius 1 is 1.37 bits per heavy atom. The van der Waals surface area contributed by atoms with Gasteiger partial charge in [-0.05, 0) is 24.3 Å². The zero-order chi connectivity index (χ0) is 13.2. The fourth-order valence-electron chi connectivity index (χ4n) is 2.46. The highest BCUT2D eigenvalue weighted by atomic mass is 19.1. The van der Waals surface area contributed by atoms with Crippen molar-refractivity contribution in [1.29, 1.82) is 0 Å². The van der Waals surface area contributed by atoms with Crippen LogP contribution >= 0.6 is 0 Å². The van der Waals surface area contributed by atoms with Gasteiger partial charge in [0, 0.05) is 30.9 Å². The number of halogens is 1. The normalized spacial score (nSPS) is 23.3. The third kappa shape index (κ3) is 2.78. The average molecular weight is 264 g/mol. The highest BCUT2D eigenvalue weighted by Gasteiger charge is 2.24. The van der Waals surface area contributed by atoms with Gasteiger partial charge in [-0.2, -0.15) is 0 Å². The van der Waals surface area contributed by atoms with Gasteiger partial charge in [0.15, 0.2) is 0 Å². The first-order valence-corrected chi connectivity index (χ1v) is 6.50. The van der Waals surface area contributed by atoms with Gasteiger partial charge >= 0.3 is 0 Å². The highest BCUT2D eigenvalue weighted by molar-refractivity contribution is 5.77. The van der Waals surface area contributed by atoms with Crippen LogP contribution in [0.4, 0.5) is 4.39 Å². The molecule has 19 heavy (non-hydrogen) atoms. The van der Waals surface area contributed by atoms with Gasteiger partial charge in [-0.1, -0.05) is 0 Å². The van der Waals surface area contributed by atoms with Gasteiger partial charge in [0.05, 0.1) is 12.6 Å². The third-order valence-corrected chi connectivity index (χ3v) is 3.54. The average Bonchev–Trinajstić information content (AvgIpc) is 2.95. The molecule has 0 spiro atoms. The van der Waals surface area contributed by atoms with Crippen LogP contribution < -0.4 is 10.6 Å². The number of furan rings is 1. The second-order valence-corrected chi connectivity index (χ2v) is 5.01. The van der Waals surface area contributed by atoms with Crippen molar-refractivity contribution in [1.82, 2.24) is 10.6 Å². The summed E-state index contributed by atoms with van der Waals surface area (Å²) in [7, 11) is 0. The quantitative estimate of drug-likeness (QED) is 0.777.